The molecular formula is C14H31N5O2. The summed E-state index contributed by atoms with van der Waals surface area (Å²) < 4.78 is 4.57. The quantitative estimate of drug-likeness (QED) is 0.310. The number of piperazine rings is 1. The molecule has 1 aliphatic rings. The third-order valence-corrected chi connectivity index (χ3v) is 3.73. The highest BCUT2D eigenvalue weighted by molar-refractivity contribution is 5.69. The van der Waals surface area contributed by atoms with Gasteiger partial charge in [0, 0.05) is 72.0 Å². The predicted octanol–water partition coefficient (Wildman–Crippen LogP) is -1.69. The van der Waals surface area contributed by atoms with E-state index >= 15 is 0 Å². The number of nitrogens with zero attached hydrogens (tertiary/aromatic N) is 2. The number of nitrogens with two attached hydrogens (primary N) is 1. The van der Waals surface area contributed by atoms with Gasteiger partial charge in [0.15, 0.2) is 0 Å². The molecule has 0 unspecified atom stereocenters. The smallest absolute Gasteiger partial charge is 0.306 e. The summed E-state index contributed by atoms with van der Waals surface area (Å²) in [4.78, 5) is 15.8. The number of carbonyl (C=O) groups is 1. The van der Waals surface area contributed by atoms with E-state index in [1.807, 2.05) is 0 Å². The summed E-state index contributed by atoms with van der Waals surface area (Å²) in [5.74, 6) is -0.163. The molecule has 1 rings (SSSR count). The highest BCUT2D eigenvalue weighted by Crippen LogP contribution is 1.99. The predicted molar refractivity (Wildman–Crippen MR) is 84.3 cm³/mol. The number of nitrogens with one attached hydrogen (secondary N) is 2. The molecule has 1 saturated heterocycles. The third-order valence-electron chi connectivity index (χ3n) is 3.73. The average molecular weight is 301 g/mol. The molecule has 0 aromatic heterocycles. The molecule has 7 heteroatoms. The Hall–Kier alpha value is -0.730. The van der Waals surface area contributed by atoms with Crippen LogP contribution < -0.4 is 16.4 Å². The highest BCUT2D eigenvalue weighted by atomic mass is 16.5. The van der Waals surface area contributed by atoms with Crippen molar-refractivity contribution < 1.29 is 9.53 Å². The zero-order valence-electron chi connectivity index (χ0n) is 13.3. The van der Waals surface area contributed by atoms with E-state index in [1.165, 1.54) is 7.11 Å². The Balaban J connectivity index is 1.86. The Bertz CT molecular complexity index is 270. The van der Waals surface area contributed by atoms with Crippen molar-refractivity contribution in [3.63, 3.8) is 0 Å². The van der Waals surface area contributed by atoms with Crippen molar-refractivity contribution in [2.75, 3.05) is 79.1 Å². The van der Waals surface area contributed by atoms with Gasteiger partial charge < -0.3 is 21.1 Å². The van der Waals surface area contributed by atoms with Crippen LogP contribution in [0.1, 0.15) is 6.42 Å². The van der Waals surface area contributed by atoms with Crippen LogP contribution in [0.25, 0.3) is 0 Å². The van der Waals surface area contributed by atoms with E-state index < -0.39 is 0 Å². The minimum Gasteiger partial charge on any atom is -0.469 e. The van der Waals surface area contributed by atoms with Crippen LogP contribution >= 0.6 is 0 Å². The molecular weight excluding hydrogens is 270 g/mol. The van der Waals surface area contributed by atoms with Crippen LogP contribution in [0.3, 0.4) is 0 Å². The minimum atomic E-state index is -0.163. The first-order chi connectivity index (χ1) is 10.3. The van der Waals surface area contributed by atoms with Crippen LogP contribution in [0.15, 0.2) is 0 Å². The molecule has 0 amide bonds. The van der Waals surface area contributed by atoms with Gasteiger partial charge in [-0.05, 0) is 0 Å². The molecule has 0 aromatic carbocycles. The summed E-state index contributed by atoms with van der Waals surface area (Å²) >= 11 is 0. The van der Waals surface area contributed by atoms with Crippen molar-refractivity contribution >= 4 is 5.97 Å². The minimum absolute atomic E-state index is 0.163. The molecule has 0 bridgehead atoms. The monoisotopic (exact) mass is 301 g/mol. The Labute approximate surface area is 128 Å². The van der Waals surface area contributed by atoms with Crippen LogP contribution in [0.5, 0.6) is 0 Å². The van der Waals surface area contributed by atoms with Gasteiger partial charge in [-0.2, -0.15) is 0 Å². The van der Waals surface area contributed by atoms with Gasteiger partial charge >= 0.3 is 5.97 Å². The number of hydrogen-bond acceptors (Lipinski definition) is 7. The number of ether oxygens (including phenoxy) is 1. The standard InChI is InChI=1S/C14H31N5O2/c1-21-14(20)2-4-16-5-6-17-7-9-19-12-10-18(8-3-15)11-13-19/h16-17H,2-13,15H2,1H3. The largest absolute Gasteiger partial charge is 0.469 e. The van der Waals surface area contributed by atoms with Gasteiger partial charge in [-0.25, -0.2) is 0 Å². The van der Waals surface area contributed by atoms with E-state index in [0.29, 0.717) is 13.0 Å². The summed E-state index contributed by atoms with van der Waals surface area (Å²) in [5.41, 5.74) is 5.57. The molecule has 0 aromatic rings. The Morgan fingerprint density at radius 3 is 2.14 bits per heavy atom. The average Bonchev–Trinajstić information content (AvgIpc) is 2.51. The molecule has 7 nitrogen and oxygen atoms in total. The van der Waals surface area contributed by atoms with Crippen LogP contribution in [-0.2, 0) is 9.53 Å². The Kier molecular flexibility index (Phi) is 10.4. The SMILES string of the molecule is COC(=O)CCNCCNCCN1CCN(CCN)CC1. The molecule has 0 spiro atoms. The van der Waals surface area contributed by atoms with Crippen LogP contribution in [-0.4, -0.2) is 94.9 Å². The van der Waals surface area contributed by atoms with Crippen molar-refractivity contribution in [3.05, 3.63) is 0 Å². The molecule has 0 aliphatic carbocycles. The molecule has 124 valence electrons. The molecule has 21 heavy (non-hydrogen) atoms. The molecule has 0 saturated carbocycles. The van der Waals surface area contributed by atoms with Crippen molar-refractivity contribution in [1.82, 2.24) is 20.4 Å². The van der Waals surface area contributed by atoms with Crippen LogP contribution in [0.4, 0.5) is 0 Å². The molecule has 1 aliphatic heterocycles. The van der Waals surface area contributed by atoms with E-state index in [-0.39, 0.29) is 5.97 Å². The van der Waals surface area contributed by atoms with Crippen molar-refractivity contribution in [3.8, 4) is 0 Å². The van der Waals surface area contributed by atoms with Gasteiger partial charge in [-0.15, -0.1) is 0 Å². The third kappa shape index (κ3) is 9.00. The first kappa shape index (κ1) is 18.3. The van der Waals surface area contributed by atoms with Gasteiger partial charge in [0.25, 0.3) is 0 Å². The lowest BCUT2D eigenvalue weighted by Crippen LogP contribution is -2.49. The Morgan fingerprint density at radius 1 is 1.00 bits per heavy atom. The summed E-state index contributed by atoms with van der Waals surface area (Å²) in [6.45, 7) is 10.9. The fourth-order valence-corrected chi connectivity index (χ4v) is 2.38. The molecule has 1 heterocycles. The summed E-state index contributed by atoms with van der Waals surface area (Å²) in [7, 11) is 1.42. The van der Waals surface area contributed by atoms with Gasteiger partial charge in [-0.1, -0.05) is 0 Å². The molecule has 0 radical (unpaired) electrons. The van der Waals surface area contributed by atoms with Crippen molar-refractivity contribution in [2.45, 2.75) is 6.42 Å². The molecule has 0 atom stereocenters. The maximum Gasteiger partial charge on any atom is 0.306 e. The fraction of sp³-hybridized carbons (Fsp3) is 0.929. The van der Waals surface area contributed by atoms with Gasteiger partial charge in [-0.3, -0.25) is 14.6 Å². The Morgan fingerprint density at radius 2 is 1.57 bits per heavy atom. The van der Waals surface area contributed by atoms with Crippen LogP contribution in [0, 0.1) is 0 Å². The van der Waals surface area contributed by atoms with Crippen molar-refractivity contribution in [2.24, 2.45) is 5.73 Å². The zero-order valence-corrected chi connectivity index (χ0v) is 13.3. The molecule has 1 fully saturated rings. The van der Waals surface area contributed by atoms with E-state index in [2.05, 4.69) is 25.2 Å². The second-order valence-electron chi connectivity index (χ2n) is 5.30. The number of carbonyl (C=O) groups excluding carboxylic acids is 1. The maximum atomic E-state index is 10.9. The van der Waals surface area contributed by atoms with Gasteiger partial charge in [0.05, 0.1) is 13.5 Å². The summed E-state index contributed by atoms with van der Waals surface area (Å²) in [6, 6.07) is 0. The number of hydrogen-bond donors (Lipinski definition) is 3. The summed E-state index contributed by atoms with van der Waals surface area (Å²) in [5, 5.41) is 6.63. The number of rotatable bonds is 11. The van der Waals surface area contributed by atoms with Gasteiger partial charge in [0.2, 0.25) is 0 Å². The van der Waals surface area contributed by atoms with E-state index in [9.17, 15) is 4.79 Å². The number of esters is 1. The van der Waals surface area contributed by atoms with Crippen molar-refractivity contribution in [1.29, 1.82) is 0 Å². The first-order valence-electron chi connectivity index (χ1n) is 7.89. The second-order valence-corrected chi connectivity index (χ2v) is 5.30. The lowest BCUT2D eigenvalue weighted by atomic mass is 10.3. The highest BCUT2D eigenvalue weighted by Gasteiger charge is 2.15. The van der Waals surface area contributed by atoms with E-state index in [0.717, 1.165) is 65.4 Å². The lowest BCUT2D eigenvalue weighted by Gasteiger charge is -2.34. The second kappa shape index (κ2) is 11.9. The van der Waals surface area contributed by atoms with Gasteiger partial charge in [0.1, 0.15) is 0 Å². The topological polar surface area (TPSA) is 82.9 Å². The fourth-order valence-electron chi connectivity index (χ4n) is 2.38. The van der Waals surface area contributed by atoms with Crippen LogP contribution in [0.2, 0.25) is 0 Å². The van der Waals surface area contributed by atoms with E-state index in [1.54, 1.807) is 0 Å². The number of methoxy groups -OCH3 is 1. The first-order valence-corrected chi connectivity index (χ1v) is 7.89. The summed E-state index contributed by atoms with van der Waals surface area (Å²) in [6.07, 6.45) is 0.434. The van der Waals surface area contributed by atoms with E-state index in [4.69, 9.17) is 5.73 Å². The maximum absolute atomic E-state index is 10.9. The molecule has 4 N–H and O–H groups in total. The normalized spacial score (nSPS) is 17.0. The zero-order chi connectivity index (χ0) is 15.3. The lowest BCUT2D eigenvalue weighted by molar-refractivity contribution is -0.140.